The first-order chi connectivity index (χ1) is 7.18. The van der Waals surface area contributed by atoms with Gasteiger partial charge in [-0.2, -0.15) is 11.8 Å². The summed E-state index contributed by atoms with van der Waals surface area (Å²) in [6.45, 7) is 2.48. The van der Waals surface area contributed by atoms with Gasteiger partial charge in [0.1, 0.15) is 0 Å². The van der Waals surface area contributed by atoms with Crippen LogP contribution >= 0.6 is 11.8 Å². The fraction of sp³-hybridized carbons (Fsp3) is 0.600. The van der Waals surface area contributed by atoms with E-state index in [2.05, 4.69) is 15.3 Å². The summed E-state index contributed by atoms with van der Waals surface area (Å²) >= 11 is 1.79. The van der Waals surface area contributed by atoms with E-state index in [1.807, 2.05) is 6.92 Å². The van der Waals surface area contributed by atoms with Crippen LogP contribution in [0.15, 0.2) is 12.4 Å². The Hall–Kier alpha value is -0.810. The molecule has 0 radical (unpaired) electrons. The fourth-order valence-electron chi connectivity index (χ4n) is 1.46. The van der Waals surface area contributed by atoms with Gasteiger partial charge in [-0.25, -0.2) is 9.97 Å². The van der Waals surface area contributed by atoms with Crippen molar-refractivity contribution in [2.45, 2.75) is 18.9 Å². The number of aryl methyl sites for hydroxylation is 1. The third-order valence-corrected chi connectivity index (χ3v) is 3.67. The molecule has 2 rings (SSSR count). The van der Waals surface area contributed by atoms with Crippen LogP contribution in [-0.4, -0.2) is 38.7 Å². The molecule has 1 fully saturated rings. The number of rotatable bonds is 3. The fourth-order valence-corrected chi connectivity index (χ4v) is 2.76. The average molecular weight is 225 g/mol. The van der Waals surface area contributed by atoms with Gasteiger partial charge in [0.25, 0.3) is 0 Å². The number of anilines is 1. The Labute approximate surface area is 93.5 Å². The molecule has 2 N–H and O–H groups in total. The number of hydrogen-bond donors (Lipinski definition) is 2. The van der Waals surface area contributed by atoms with Crippen LogP contribution < -0.4 is 5.32 Å². The predicted octanol–water partition coefficient (Wildman–Crippen LogP) is 1.06. The van der Waals surface area contributed by atoms with Crippen LogP contribution in [0.1, 0.15) is 12.0 Å². The Morgan fingerprint density at radius 1 is 1.53 bits per heavy atom. The quantitative estimate of drug-likeness (QED) is 0.805. The molecule has 1 saturated heterocycles. The van der Waals surface area contributed by atoms with Crippen molar-refractivity contribution in [1.29, 1.82) is 0 Å². The number of nitrogens with zero attached hydrogens (tertiary/aromatic N) is 2. The molecule has 0 aromatic carbocycles. The number of thioether (sulfide) groups is 1. The van der Waals surface area contributed by atoms with Gasteiger partial charge in [0.15, 0.2) is 0 Å². The van der Waals surface area contributed by atoms with Crippen molar-refractivity contribution >= 4 is 17.7 Å². The molecule has 0 amide bonds. The normalized spacial score (nSPS) is 25.5. The molecule has 0 bridgehead atoms. The molecule has 0 aliphatic carbocycles. The zero-order valence-corrected chi connectivity index (χ0v) is 9.55. The second kappa shape index (κ2) is 4.37. The largest absolute Gasteiger partial charge is 0.387 e. The third-order valence-electron chi connectivity index (χ3n) is 2.44. The van der Waals surface area contributed by atoms with Gasteiger partial charge < -0.3 is 10.4 Å². The second-order valence-corrected chi connectivity index (χ2v) is 5.07. The molecule has 4 nitrogen and oxygen atoms in total. The summed E-state index contributed by atoms with van der Waals surface area (Å²) < 4.78 is 0. The Morgan fingerprint density at radius 2 is 2.27 bits per heavy atom. The zero-order valence-electron chi connectivity index (χ0n) is 8.73. The average Bonchev–Trinajstić information content (AvgIpc) is 2.65. The van der Waals surface area contributed by atoms with E-state index in [1.165, 1.54) is 0 Å². The van der Waals surface area contributed by atoms with E-state index < -0.39 is 5.60 Å². The lowest BCUT2D eigenvalue weighted by atomic mass is 10.0. The molecule has 1 aromatic heterocycles. The van der Waals surface area contributed by atoms with E-state index in [4.69, 9.17) is 0 Å². The molecule has 1 aliphatic heterocycles. The van der Waals surface area contributed by atoms with E-state index in [1.54, 1.807) is 24.2 Å². The second-order valence-electron chi connectivity index (χ2n) is 3.96. The van der Waals surface area contributed by atoms with Gasteiger partial charge in [-0.05, 0) is 24.7 Å². The first-order valence-electron chi connectivity index (χ1n) is 5.01. The van der Waals surface area contributed by atoms with Crippen molar-refractivity contribution in [2.75, 3.05) is 23.4 Å². The van der Waals surface area contributed by atoms with Crippen molar-refractivity contribution in [1.82, 2.24) is 9.97 Å². The van der Waals surface area contributed by atoms with Crippen LogP contribution in [0.2, 0.25) is 0 Å². The first kappa shape index (κ1) is 10.7. The van der Waals surface area contributed by atoms with Gasteiger partial charge in [0.2, 0.25) is 5.95 Å². The summed E-state index contributed by atoms with van der Waals surface area (Å²) in [6, 6.07) is 0. The van der Waals surface area contributed by atoms with E-state index in [0.717, 1.165) is 23.5 Å². The van der Waals surface area contributed by atoms with E-state index in [9.17, 15) is 5.11 Å². The number of aliphatic hydroxyl groups is 1. The number of hydrogen-bond acceptors (Lipinski definition) is 5. The smallest absolute Gasteiger partial charge is 0.222 e. The molecule has 15 heavy (non-hydrogen) atoms. The number of aromatic nitrogens is 2. The van der Waals surface area contributed by atoms with Crippen molar-refractivity contribution in [2.24, 2.45) is 0 Å². The first-order valence-corrected chi connectivity index (χ1v) is 6.16. The lowest BCUT2D eigenvalue weighted by Gasteiger charge is -2.21. The highest BCUT2D eigenvalue weighted by atomic mass is 32.2. The van der Waals surface area contributed by atoms with Crippen molar-refractivity contribution in [3.05, 3.63) is 18.0 Å². The minimum absolute atomic E-state index is 0.531. The maximum atomic E-state index is 10.1. The van der Waals surface area contributed by atoms with Crippen LogP contribution in [0, 0.1) is 6.92 Å². The van der Waals surface area contributed by atoms with Gasteiger partial charge in [0, 0.05) is 24.7 Å². The lowest BCUT2D eigenvalue weighted by molar-refractivity contribution is 0.0818. The standard InChI is InChI=1S/C10H15N3OS/c1-8-4-11-9(12-5-8)13-6-10(14)2-3-15-7-10/h4-5,14H,2-3,6-7H2,1H3,(H,11,12,13). The van der Waals surface area contributed by atoms with E-state index in [0.29, 0.717) is 12.5 Å². The highest BCUT2D eigenvalue weighted by molar-refractivity contribution is 7.99. The third kappa shape index (κ3) is 2.82. The Bertz CT molecular complexity index is 322. The van der Waals surface area contributed by atoms with Crippen molar-refractivity contribution in [3.63, 3.8) is 0 Å². The summed E-state index contributed by atoms with van der Waals surface area (Å²) in [4.78, 5) is 8.26. The van der Waals surface area contributed by atoms with Crippen LogP contribution in [0.25, 0.3) is 0 Å². The van der Waals surface area contributed by atoms with Crippen LogP contribution in [0.3, 0.4) is 0 Å². The molecule has 1 unspecified atom stereocenters. The Morgan fingerprint density at radius 3 is 2.87 bits per heavy atom. The van der Waals surface area contributed by atoms with Gasteiger partial charge in [-0.15, -0.1) is 0 Å². The van der Waals surface area contributed by atoms with Crippen molar-refractivity contribution < 1.29 is 5.11 Å². The minimum Gasteiger partial charge on any atom is -0.387 e. The molecule has 1 atom stereocenters. The Kier molecular flexibility index (Phi) is 3.11. The highest BCUT2D eigenvalue weighted by Gasteiger charge is 2.31. The zero-order chi connectivity index (χ0) is 10.7. The van der Waals surface area contributed by atoms with Gasteiger partial charge in [-0.1, -0.05) is 0 Å². The summed E-state index contributed by atoms with van der Waals surface area (Å²) in [5.74, 6) is 2.42. The molecule has 5 heteroatoms. The highest BCUT2D eigenvalue weighted by Crippen LogP contribution is 2.27. The minimum atomic E-state index is -0.584. The topological polar surface area (TPSA) is 58.0 Å². The van der Waals surface area contributed by atoms with Crippen LogP contribution in [0.5, 0.6) is 0 Å². The lowest BCUT2D eigenvalue weighted by Crippen LogP contribution is -2.37. The van der Waals surface area contributed by atoms with Gasteiger partial charge >= 0.3 is 0 Å². The summed E-state index contributed by atoms with van der Waals surface area (Å²) in [7, 11) is 0. The molecule has 82 valence electrons. The van der Waals surface area contributed by atoms with Crippen molar-refractivity contribution in [3.8, 4) is 0 Å². The van der Waals surface area contributed by atoms with E-state index >= 15 is 0 Å². The molecule has 0 saturated carbocycles. The molecule has 1 aliphatic rings. The summed E-state index contributed by atoms with van der Waals surface area (Å²) in [6.07, 6.45) is 4.38. The van der Waals surface area contributed by atoms with E-state index in [-0.39, 0.29) is 0 Å². The summed E-state index contributed by atoms with van der Waals surface area (Å²) in [5, 5.41) is 13.1. The van der Waals surface area contributed by atoms with Gasteiger partial charge in [-0.3, -0.25) is 0 Å². The molecule has 1 aromatic rings. The maximum absolute atomic E-state index is 10.1. The molecular weight excluding hydrogens is 210 g/mol. The van der Waals surface area contributed by atoms with Crippen LogP contribution in [-0.2, 0) is 0 Å². The monoisotopic (exact) mass is 225 g/mol. The SMILES string of the molecule is Cc1cnc(NCC2(O)CCSC2)nc1. The Balaban J connectivity index is 1.90. The number of nitrogens with one attached hydrogen (secondary N) is 1. The maximum Gasteiger partial charge on any atom is 0.222 e. The summed E-state index contributed by atoms with van der Waals surface area (Å²) in [5.41, 5.74) is 0.453. The molecule has 0 spiro atoms. The molecule has 2 heterocycles. The molecular formula is C10H15N3OS. The predicted molar refractivity (Wildman–Crippen MR) is 62.2 cm³/mol. The van der Waals surface area contributed by atoms with Crippen LogP contribution in [0.4, 0.5) is 5.95 Å². The van der Waals surface area contributed by atoms with Gasteiger partial charge in [0.05, 0.1) is 5.60 Å².